The van der Waals surface area contributed by atoms with Gasteiger partial charge in [0.1, 0.15) is 0 Å². The number of nitriles is 6. The molecule has 0 atom stereocenters. The molecule has 0 saturated heterocycles. The summed E-state index contributed by atoms with van der Waals surface area (Å²) in [7, 11) is 0. The maximum Gasteiger partial charge on any atom is 6.00 e. The molecule has 0 saturated carbocycles. The Morgan fingerprint density at radius 3 is 0.324 bits per heavy atom. The van der Waals surface area contributed by atoms with E-state index in [-0.39, 0.29) is 17.4 Å². The molecule has 210 valence electrons. The average molecular weight is 826 g/mol. The van der Waals surface area contributed by atoms with Crippen molar-refractivity contribution in [1.29, 1.82) is 31.6 Å². The molecule has 0 aliphatic rings. The molecular formula is C6CrMn6N6O18. The van der Waals surface area contributed by atoms with E-state index < -0.39 is 78.2 Å². The molecule has 0 rings (SSSR count). The molecule has 31 heteroatoms. The van der Waals surface area contributed by atoms with Crippen molar-refractivity contribution in [3.63, 3.8) is 0 Å². The molecule has 0 fully saturated rings. The van der Waals surface area contributed by atoms with Crippen LogP contribution in [0.2, 0.25) is 0 Å². The van der Waals surface area contributed by atoms with E-state index in [1.54, 1.807) is 0 Å². The molecule has 0 N–H and O–H groups in total. The monoisotopic (exact) mass is 825 g/mol. The summed E-state index contributed by atoms with van der Waals surface area (Å²) < 4.78 is 165. The van der Waals surface area contributed by atoms with Gasteiger partial charge in [-0.2, -0.15) is 0 Å². The Labute approximate surface area is 226 Å². The first kappa shape index (κ1) is 51.6. The van der Waals surface area contributed by atoms with Gasteiger partial charge in [0.05, 0.1) is 0 Å². The predicted octanol–water partition coefficient (Wildman–Crippen LogP) is -8.48. The van der Waals surface area contributed by atoms with E-state index >= 15 is 0 Å². The standard InChI is InChI=1S/6CN.Cr.6Mn.18O/c6*1-2;;;;;;;;;;;;;;;;;;;;;;;;;/q;;;;;;+6;;;;;;;;;;;;;;;;;;;6*-1. The van der Waals surface area contributed by atoms with Crippen LogP contribution in [0.4, 0.5) is 0 Å². The first-order chi connectivity index (χ1) is 15.4. The first-order valence-corrected chi connectivity index (χ1v) is 17.5. The second-order valence-corrected chi connectivity index (χ2v) is 12.5. The fourth-order valence-corrected chi connectivity index (χ4v) is 0. The van der Waals surface area contributed by atoms with Crippen LogP contribution in [0.1, 0.15) is 0 Å². The van der Waals surface area contributed by atoms with Crippen molar-refractivity contribution in [2.75, 3.05) is 0 Å². The zero-order valence-corrected chi connectivity index (χ0v) is 24.1. The summed E-state index contributed by atoms with van der Waals surface area (Å²) in [6, 6.07) is 0. The summed E-state index contributed by atoms with van der Waals surface area (Å²) in [6.45, 7) is 0. The molecule has 0 aromatic rings. The van der Waals surface area contributed by atoms with Crippen LogP contribution in [0.25, 0.3) is 0 Å². The van der Waals surface area contributed by atoms with E-state index in [1.165, 1.54) is 0 Å². The van der Waals surface area contributed by atoms with E-state index in [0.29, 0.717) is 29.8 Å². The second-order valence-electron chi connectivity index (χ2n) is 3.03. The Balaban J connectivity index is -0.0000000581. The van der Waals surface area contributed by atoms with Crippen LogP contribution >= 0.6 is 0 Å². The van der Waals surface area contributed by atoms with Crippen LogP contribution < -0.4 is 25.1 Å². The smallest absolute Gasteiger partial charge is 6.00 e. The van der Waals surface area contributed by atoms with Crippen LogP contribution in [0.15, 0.2) is 0 Å². The fraction of sp³-hybridized carbons (Fsp3) is 0. The normalized spacial score (nSPS) is 9.73. The molecule has 0 radical (unpaired) electrons. The van der Waals surface area contributed by atoms with Crippen molar-refractivity contribution in [2.24, 2.45) is 0 Å². The third-order valence-corrected chi connectivity index (χ3v) is 2.56. The molecule has 0 aromatic carbocycles. The number of rotatable bonds is 0. The molecule has 0 aliphatic heterocycles. The Kier molecular flexibility index (Phi) is 32.2. The van der Waals surface area contributed by atoms with Gasteiger partial charge < -0.3 is 0 Å². The number of hydrogen-bond donors (Lipinski definition) is 0. The molecule has 37 heavy (non-hydrogen) atoms. The number of nitrogens with zero attached hydrogens (tertiary/aromatic N) is 6. The van der Waals surface area contributed by atoms with E-state index in [9.17, 15) is 0 Å². The van der Waals surface area contributed by atoms with Crippen LogP contribution in [0.5, 0.6) is 0 Å². The maximum atomic E-state index is 9.14. The Hall–Kier alpha value is -2.05. The van der Waals surface area contributed by atoms with E-state index in [2.05, 4.69) is 0 Å². The fourth-order valence-electron chi connectivity index (χ4n) is 0. The van der Waals surface area contributed by atoms with Crippen LogP contribution in [-0.2, 0) is 142 Å². The average Bonchev–Trinajstić information content (AvgIpc) is 2.67. The van der Waals surface area contributed by atoms with Gasteiger partial charge in [0.2, 0.25) is 0 Å². The van der Waals surface area contributed by atoms with Gasteiger partial charge in [-0.05, 0) is 0 Å². The number of hydrogen-bond acceptors (Lipinski definition) is 24. The molecular weight excluding hydrogens is 826 g/mol. The minimum absolute atomic E-state index is 0. The van der Waals surface area contributed by atoms with Crippen molar-refractivity contribution in [3.8, 4) is 29.8 Å². The molecule has 0 spiro atoms. The zero-order valence-electron chi connectivity index (χ0n) is 15.7. The van der Waals surface area contributed by atoms with E-state index in [0.717, 1.165) is 0 Å². The molecule has 0 heterocycles. The summed E-state index contributed by atoms with van der Waals surface area (Å²) in [4.78, 5) is 3.47. The molecule has 0 unspecified atom stereocenters. The molecule has 0 aromatic heterocycles. The SMILES string of the molecule is N#[C][Mn](=[O])(=[O])[O-].N#[C][Mn](=[O])(=[O])[O-].N#[C][Mn](=[O])(=[O])[O-].N#[C][Mn](=[O])(=[O])[O-].N#[C][Mn](=[O])(=[O])[O-].N#[C][Mn](=[O])(=[O])[O-].[Cr+6]. The van der Waals surface area contributed by atoms with Gasteiger partial charge in [-0.1, -0.05) is 0 Å². The maximum absolute atomic E-state index is 9.14. The summed E-state index contributed by atoms with van der Waals surface area (Å²) in [6.07, 6.45) is 0. The van der Waals surface area contributed by atoms with Gasteiger partial charge in [0, 0.05) is 0 Å². The zero-order chi connectivity index (χ0) is 31.2. The van der Waals surface area contributed by atoms with Gasteiger partial charge in [0.25, 0.3) is 0 Å². The largest absolute Gasteiger partial charge is 6.00 e. The Bertz CT molecular complexity index is 1290. The van der Waals surface area contributed by atoms with Crippen molar-refractivity contribution < 1.29 is 167 Å². The van der Waals surface area contributed by atoms with E-state index in [1.807, 2.05) is 0 Å². The second kappa shape index (κ2) is 23.1. The minimum Gasteiger partial charge on any atom is 6.00 e. The topological polar surface area (TPSA) is 486 Å². The summed E-state index contributed by atoms with van der Waals surface area (Å²) in [5.41, 5.74) is 0. The predicted molar refractivity (Wildman–Crippen MR) is 41.9 cm³/mol. The molecule has 0 bridgehead atoms. The minimum atomic E-state index is -5.09. The van der Waals surface area contributed by atoms with Gasteiger partial charge in [-0.3, -0.25) is 0 Å². The first-order valence-electron chi connectivity index (χ1n) is 5.25. The van der Waals surface area contributed by atoms with E-state index in [4.69, 9.17) is 103 Å². The van der Waals surface area contributed by atoms with Gasteiger partial charge in [-0.25, -0.2) is 0 Å². The van der Waals surface area contributed by atoms with Crippen LogP contribution in [-0.4, -0.2) is 0 Å². The van der Waals surface area contributed by atoms with Crippen molar-refractivity contribution in [2.45, 2.75) is 0 Å². The Morgan fingerprint density at radius 1 is 0.297 bits per heavy atom. The molecule has 0 aliphatic carbocycles. The van der Waals surface area contributed by atoms with Gasteiger partial charge in [0.15, 0.2) is 0 Å². The van der Waals surface area contributed by atoms with Crippen LogP contribution in [0.3, 0.4) is 0 Å². The van der Waals surface area contributed by atoms with Crippen molar-refractivity contribution in [1.82, 2.24) is 0 Å². The van der Waals surface area contributed by atoms with Crippen molar-refractivity contribution in [3.05, 3.63) is 0 Å². The third-order valence-electron chi connectivity index (χ3n) is 0.621. The Morgan fingerprint density at radius 2 is 0.324 bits per heavy atom. The quantitative estimate of drug-likeness (QED) is 0.205. The molecule has 24 nitrogen and oxygen atoms in total. The van der Waals surface area contributed by atoms with Crippen molar-refractivity contribution >= 4 is 0 Å². The van der Waals surface area contributed by atoms with Gasteiger partial charge >= 0.3 is 228 Å². The van der Waals surface area contributed by atoms with Gasteiger partial charge in [-0.15, -0.1) is 0 Å². The summed E-state index contributed by atoms with van der Waals surface area (Å²) in [5.74, 6) is 0. The van der Waals surface area contributed by atoms with Crippen LogP contribution in [0, 0.1) is 61.4 Å². The third kappa shape index (κ3) is 136. The molecule has 0 amide bonds. The summed E-state index contributed by atoms with van der Waals surface area (Å²) >= 11 is -30.5. The summed E-state index contributed by atoms with van der Waals surface area (Å²) in [5, 5.41) is 43.7.